The lowest BCUT2D eigenvalue weighted by Gasteiger charge is -2.15. The van der Waals surface area contributed by atoms with Crippen LogP contribution in [0.25, 0.3) is 12.2 Å². The van der Waals surface area contributed by atoms with Gasteiger partial charge in [0.25, 0.3) is 5.88 Å². The van der Waals surface area contributed by atoms with E-state index < -0.39 is 22.0 Å². The summed E-state index contributed by atoms with van der Waals surface area (Å²) in [7, 11) is 0. The average molecular weight is 557 g/mol. The van der Waals surface area contributed by atoms with Crippen LogP contribution in [0.3, 0.4) is 0 Å². The number of rotatable bonds is 8. The van der Waals surface area contributed by atoms with Crippen LogP contribution in [0, 0.1) is 10.1 Å². The second-order valence-corrected chi connectivity index (χ2v) is 8.20. The van der Waals surface area contributed by atoms with Crippen molar-refractivity contribution in [2.75, 3.05) is 6.61 Å². The summed E-state index contributed by atoms with van der Waals surface area (Å²) in [5, 5.41) is 21.5. The van der Waals surface area contributed by atoms with Gasteiger partial charge < -0.3 is 19.6 Å². The van der Waals surface area contributed by atoms with Crippen molar-refractivity contribution in [1.29, 1.82) is 0 Å². The second-order valence-electron chi connectivity index (χ2n) is 6.50. The summed E-state index contributed by atoms with van der Waals surface area (Å²) in [6, 6.07) is 8.55. The number of H-pyrrole nitrogens is 1. The van der Waals surface area contributed by atoms with E-state index >= 15 is 0 Å². The van der Waals surface area contributed by atoms with Crippen molar-refractivity contribution in [2.24, 2.45) is 0 Å². The monoisotopic (exact) mass is 555 g/mol. The van der Waals surface area contributed by atoms with Crippen molar-refractivity contribution < 1.29 is 19.5 Å². The summed E-state index contributed by atoms with van der Waals surface area (Å²) in [5.74, 6) is -0.122. The summed E-state index contributed by atoms with van der Waals surface area (Å²) >= 11 is 15.6. The van der Waals surface area contributed by atoms with Crippen molar-refractivity contribution in [3.8, 4) is 17.4 Å². The molecule has 3 aromatic rings. The molecule has 9 nitrogen and oxygen atoms in total. The molecule has 33 heavy (non-hydrogen) atoms. The number of hydrogen-bond donors (Lipinski definition) is 2. The molecule has 0 saturated carbocycles. The van der Waals surface area contributed by atoms with Crippen LogP contribution >= 0.6 is 39.1 Å². The Morgan fingerprint density at radius 3 is 2.64 bits per heavy atom. The van der Waals surface area contributed by atoms with Crippen LogP contribution in [0.2, 0.25) is 10.0 Å². The van der Waals surface area contributed by atoms with E-state index in [1.165, 1.54) is 6.08 Å². The van der Waals surface area contributed by atoms with Gasteiger partial charge >= 0.3 is 11.2 Å². The van der Waals surface area contributed by atoms with Gasteiger partial charge in [-0.25, -0.2) is 0 Å². The number of nitrogens with one attached hydrogen (secondary N) is 1. The molecule has 0 aliphatic carbocycles. The summed E-state index contributed by atoms with van der Waals surface area (Å²) in [5.41, 5.74) is -0.696. The van der Waals surface area contributed by atoms with E-state index in [-0.39, 0.29) is 12.4 Å². The van der Waals surface area contributed by atoms with Crippen LogP contribution < -0.4 is 15.0 Å². The molecule has 1 heterocycles. The minimum Gasteiger partial charge on any atom is -0.490 e. The normalized spacial score (nSPS) is 11.0. The van der Waals surface area contributed by atoms with Crippen molar-refractivity contribution in [3.63, 3.8) is 0 Å². The number of aromatic amines is 1. The Morgan fingerprint density at radius 1 is 1.24 bits per heavy atom. The smallest absolute Gasteiger partial charge is 0.395 e. The van der Waals surface area contributed by atoms with Crippen LogP contribution in [0.1, 0.15) is 23.9 Å². The molecule has 2 N–H and O–H groups in total. The molecule has 2 aromatic carbocycles. The fourth-order valence-electron chi connectivity index (χ4n) is 2.77. The van der Waals surface area contributed by atoms with E-state index in [0.29, 0.717) is 38.2 Å². The minimum absolute atomic E-state index is 0.0603. The highest BCUT2D eigenvalue weighted by Crippen LogP contribution is 2.38. The van der Waals surface area contributed by atoms with Crippen molar-refractivity contribution in [1.82, 2.24) is 9.97 Å². The Morgan fingerprint density at radius 2 is 2.00 bits per heavy atom. The Hall–Kier alpha value is -3.08. The fraction of sp³-hybridized carbons (Fsp3) is 0.143. The van der Waals surface area contributed by atoms with Crippen molar-refractivity contribution >= 4 is 57.0 Å². The molecule has 0 bridgehead atoms. The highest BCUT2D eigenvalue weighted by atomic mass is 79.9. The quantitative estimate of drug-likeness (QED) is 0.273. The third-order valence-electron chi connectivity index (χ3n) is 4.23. The van der Waals surface area contributed by atoms with Gasteiger partial charge in [-0.15, -0.1) is 0 Å². The lowest BCUT2D eigenvalue weighted by molar-refractivity contribution is -0.387. The number of halogens is 3. The van der Waals surface area contributed by atoms with Gasteiger partial charge in [0.2, 0.25) is 0 Å². The third kappa shape index (κ3) is 6.04. The molecule has 0 aliphatic heterocycles. The van der Waals surface area contributed by atoms with Gasteiger partial charge in [0.15, 0.2) is 11.5 Å². The van der Waals surface area contributed by atoms with Gasteiger partial charge in [-0.1, -0.05) is 35.3 Å². The molecule has 0 atom stereocenters. The number of aromatic nitrogens is 2. The Labute approximate surface area is 205 Å². The van der Waals surface area contributed by atoms with Gasteiger partial charge in [0.1, 0.15) is 12.4 Å². The molecule has 1 aromatic heterocycles. The fourth-order valence-corrected chi connectivity index (χ4v) is 3.80. The molecule has 12 heteroatoms. The third-order valence-corrected chi connectivity index (χ3v) is 5.41. The molecule has 172 valence electrons. The number of nitrogens with zero attached hydrogens (tertiary/aromatic N) is 2. The molecule has 0 unspecified atom stereocenters. The second kappa shape index (κ2) is 10.7. The molecule has 0 saturated heterocycles. The average Bonchev–Trinajstić information content (AvgIpc) is 2.72. The van der Waals surface area contributed by atoms with Crippen LogP contribution in [-0.2, 0) is 6.61 Å². The van der Waals surface area contributed by atoms with E-state index in [0.717, 1.165) is 5.56 Å². The minimum atomic E-state index is -1.06. The van der Waals surface area contributed by atoms with E-state index in [1.54, 1.807) is 36.4 Å². The molecule has 0 aliphatic rings. The molecule has 0 fully saturated rings. The molecule has 0 spiro atoms. The maximum Gasteiger partial charge on any atom is 0.395 e. The van der Waals surface area contributed by atoms with E-state index in [2.05, 4.69) is 25.9 Å². The topological polar surface area (TPSA) is 128 Å². The molecular weight excluding hydrogens is 541 g/mol. The summed E-state index contributed by atoms with van der Waals surface area (Å²) in [6.07, 6.45) is 2.97. The van der Waals surface area contributed by atoms with Crippen LogP contribution in [0.5, 0.6) is 17.4 Å². The van der Waals surface area contributed by atoms with Gasteiger partial charge in [0.05, 0.1) is 16.0 Å². The predicted octanol–water partition coefficient (Wildman–Crippen LogP) is 5.60. The number of aromatic hydroxyl groups is 1. The molecule has 0 amide bonds. The van der Waals surface area contributed by atoms with Gasteiger partial charge in [-0.2, -0.15) is 4.98 Å². The Bertz CT molecular complexity index is 1300. The number of ether oxygens (including phenoxy) is 2. The zero-order valence-electron chi connectivity index (χ0n) is 17.0. The predicted molar refractivity (Wildman–Crippen MR) is 128 cm³/mol. The number of hydrogen-bond acceptors (Lipinski definition) is 7. The molecular formula is C21H16BrCl2N3O6. The Kier molecular flexibility index (Phi) is 7.96. The van der Waals surface area contributed by atoms with Crippen molar-refractivity contribution in [2.45, 2.75) is 13.5 Å². The van der Waals surface area contributed by atoms with Gasteiger partial charge in [-0.05, 0) is 58.8 Å². The maximum absolute atomic E-state index is 11.8. The first-order valence-electron chi connectivity index (χ1n) is 9.38. The SMILES string of the molecule is CCOc1cc(/C=C/c2nc(O)c([N+](=O)[O-])c(=O)[nH]2)cc(Br)c1OCc1ccc(Cl)cc1Cl. The Balaban J connectivity index is 1.87. The number of nitro groups is 1. The zero-order chi connectivity index (χ0) is 24.1. The largest absolute Gasteiger partial charge is 0.490 e. The van der Waals surface area contributed by atoms with E-state index in [4.69, 9.17) is 32.7 Å². The first-order chi connectivity index (χ1) is 15.7. The summed E-state index contributed by atoms with van der Waals surface area (Å²) in [6.45, 7) is 2.38. The zero-order valence-corrected chi connectivity index (χ0v) is 20.1. The van der Waals surface area contributed by atoms with Crippen LogP contribution in [0.4, 0.5) is 5.69 Å². The summed E-state index contributed by atoms with van der Waals surface area (Å²) < 4.78 is 12.2. The number of benzene rings is 2. The van der Waals surface area contributed by atoms with E-state index in [1.807, 2.05) is 6.92 Å². The highest BCUT2D eigenvalue weighted by molar-refractivity contribution is 9.10. The first-order valence-corrected chi connectivity index (χ1v) is 10.9. The van der Waals surface area contributed by atoms with Crippen molar-refractivity contribution in [3.05, 3.63) is 82.3 Å². The lowest BCUT2D eigenvalue weighted by atomic mass is 10.2. The van der Waals surface area contributed by atoms with E-state index in [9.17, 15) is 20.0 Å². The lowest BCUT2D eigenvalue weighted by Crippen LogP contribution is -2.14. The van der Waals surface area contributed by atoms with Gasteiger partial charge in [-0.3, -0.25) is 14.9 Å². The molecule has 3 rings (SSSR count). The van der Waals surface area contributed by atoms with Crippen LogP contribution in [-0.4, -0.2) is 26.6 Å². The standard InChI is InChI=1S/C21H16BrCl2N3O6/c1-2-32-16-8-11(3-6-17-25-20(28)18(27(30)31)21(29)26-17)7-14(22)19(16)33-10-12-4-5-13(23)9-15(12)24/h3-9H,2,10H2,1H3,(H2,25,26,28,29)/b6-3+. The first kappa shape index (κ1) is 24.6. The summed E-state index contributed by atoms with van der Waals surface area (Å²) in [4.78, 5) is 27.5. The highest BCUT2D eigenvalue weighted by Gasteiger charge is 2.21. The molecule has 0 radical (unpaired) electrons. The van der Waals surface area contributed by atoms with Gasteiger partial charge in [0, 0.05) is 15.6 Å². The maximum atomic E-state index is 11.8. The van der Waals surface area contributed by atoms with Crippen LogP contribution in [0.15, 0.2) is 39.6 Å².